The second kappa shape index (κ2) is 6.50. The molecular weight excluding hydrogens is 298 g/mol. The monoisotopic (exact) mass is 313 g/mol. The van der Waals surface area contributed by atoms with E-state index in [9.17, 15) is 14.7 Å². The summed E-state index contributed by atoms with van der Waals surface area (Å²) >= 11 is 7.35. The molecule has 2 rings (SSSR count). The van der Waals surface area contributed by atoms with Crippen LogP contribution in [0.1, 0.15) is 30.1 Å². The first kappa shape index (κ1) is 15.2. The summed E-state index contributed by atoms with van der Waals surface area (Å²) in [4.78, 5) is 25.4. The summed E-state index contributed by atoms with van der Waals surface area (Å²) in [7, 11) is 0. The topological polar surface area (TPSA) is 57.6 Å². The fourth-order valence-electron chi connectivity index (χ4n) is 2.24. The van der Waals surface area contributed by atoms with Gasteiger partial charge < -0.3 is 10.0 Å². The minimum atomic E-state index is -0.946. The summed E-state index contributed by atoms with van der Waals surface area (Å²) in [5, 5.41) is 9.77. The molecule has 0 aliphatic carbocycles. The minimum absolute atomic E-state index is 0.0655. The molecule has 0 saturated carbocycles. The van der Waals surface area contributed by atoms with Gasteiger partial charge in [-0.15, -0.1) is 11.8 Å². The number of carboxylic acids is 1. The smallest absolute Gasteiger partial charge is 0.327 e. The first-order chi connectivity index (χ1) is 9.54. The number of halogens is 1. The molecule has 1 aliphatic heterocycles. The Labute approximate surface area is 127 Å². The number of carboxylic acid groups (broad SMARTS) is 1. The Morgan fingerprint density at radius 2 is 2.05 bits per heavy atom. The summed E-state index contributed by atoms with van der Waals surface area (Å²) in [5.41, 5.74) is 0.476. The summed E-state index contributed by atoms with van der Waals surface area (Å²) in [6, 6.07) is 5.80. The molecule has 2 unspecified atom stereocenters. The second-order valence-electron chi connectivity index (χ2n) is 4.65. The molecule has 4 nitrogen and oxygen atoms in total. The van der Waals surface area contributed by atoms with E-state index in [0.29, 0.717) is 16.3 Å². The van der Waals surface area contributed by atoms with Crippen molar-refractivity contribution in [3.8, 4) is 0 Å². The van der Waals surface area contributed by atoms with Gasteiger partial charge in [0.1, 0.15) is 6.04 Å². The fourth-order valence-corrected chi connectivity index (χ4v) is 3.88. The number of amides is 1. The Morgan fingerprint density at radius 3 is 2.60 bits per heavy atom. The molecule has 20 heavy (non-hydrogen) atoms. The van der Waals surface area contributed by atoms with Gasteiger partial charge in [-0.2, -0.15) is 0 Å². The minimum Gasteiger partial charge on any atom is -0.480 e. The van der Waals surface area contributed by atoms with Crippen molar-refractivity contribution in [3.05, 3.63) is 34.9 Å². The molecule has 0 spiro atoms. The van der Waals surface area contributed by atoms with Crippen LogP contribution in [0.5, 0.6) is 0 Å². The molecule has 1 aromatic carbocycles. The molecule has 1 saturated heterocycles. The Hall–Kier alpha value is -1.20. The highest BCUT2D eigenvalue weighted by Crippen LogP contribution is 2.33. The largest absolute Gasteiger partial charge is 0.480 e. The number of carbonyl (C=O) groups is 2. The third-order valence-corrected chi connectivity index (χ3v) is 4.85. The first-order valence-electron chi connectivity index (χ1n) is 6.47. The third kappa shape index (κ3) is 3.10. The third-order valence-electron chi connectivity index (χ3n) is 3.24. The highest BCUT2D eigenvalue weighted by atomic mass is 35.5. The molecular formula is C14H16ClNO3S. The Balaban J connectivity index is 2.26. The number of aliphatic carboxylic acids is 1. The van der Waals surface area contributed by atoms with Gasteiger partial charge in [0.25, 0.3) is 5.91 Å². The number of carbonyl (C=O) groups excluding carboxylic acids is 1. The van der Waals surface area contributed by atoms with E-state index in [1.54, 1.807) is 24.3 Å². The fraction of sp³-hybridized carbons (Fsp3) is 0.429. The maximum atomic E-state index is 12.6. The van der Waals surface area contributed by atoms with Crippen LogP contribution in [0, 0.1) is 0 Å². The Morgan fingerprint density at radius 1 is 1.40 bits per heavy atom. The molecule has 1 amide bonds. The van der Waals surface area contributed by atoms with E-state index in [4.69, 9.17) is 11.6 Å². The highest BCUT2D eigenvalue weighted by molar-refractivity contribution is 8.00. The lowest BCUT2D eigenvalue weighted by atomic mass is 10.1. The second-order valence-corrected chi connectivity index (χ2v) is 6.30. The summed E-state index contributed by atoms with van der Waals surface area (Å²) in [5.74, 6) is -0.741. The predicted molar refractivity (Wildman–Crippen MR) is 80.2 cm³/mol. The van der Waals surface area contributed by atoms with E-state index >= 15 is 0 Å². The van der Waals surface area contributed by atoms with Crippen LogP contribution in [-0.2, 0) is 4.79 Å². The molecule has 0 bridgehead atoms. The van der Waals surface area contributed by atoms with Gasteiger partial charge in [-0.1, -0.05) is 24.9 Å². The maximum Gasteiger partial charge on any atom is 0.327 e. The van der Waals surface area contributed by atoms with Crippen molar-refractivity contribution in [3.63, 3.8) is 0 Å². The van der Waals surface area contributed by atoms with E-state index in [1.807, 2.05) is 6.92 Å². The molecule has 0 radical (unpaired) electrons. The molecule has 1 aromatic rings. The SMILES string of the molecule is CCCC1SCC(C(=O)O)N1C(=O)c1ccc(Cl)cc1. The van der Waals surface area contributed by atoms with E-state index in [1.165, 1.54) is 16.7 Å². The van der Waals surface area contributed by atoms with Gasteiger partial charge in [0, 0.05) is 16.3 Å². The molecule has 6 heteroatoms. The van der Waals surface area contributed by atoms with Gasteiger partial charge in [-0.3, -0.25) is 4.79 Å². The standard InChI is InChI=1S/C14H16ClNO3S/c1-2-3-12-16(11(8-20-12)14(18)19)13(17)9-4-6-10(15)7-5-9/h4-7,11-12H,2-3,8H2,1H3,(H,18,19). The zero-order chi connectivity index (χ0) is 14.7. The lowest BCUT2D eigenvalue weighted by molar-refractivity contribution is -0.141. The summed E-state index contributed by atoms with van der Waals surface area (Å²) in [6.07, 6.45) is 1.71. The van der Waals surface area contributed by atoms with Crippen LogP contribution < -0.4 is 0 Å². The molecule has 1 heterocycles. The van der Waals surface area contributed by atoms with E-state index < -0.39 is 12.0 Å². The van der Waals surface area contributed by atoms with E-state index in [2.05, 4.69) is 0 Å². The number of rotatable bonds is 4. The van der Waals surface area contributed by atoms with Crippen LogP contribution in [0.25, 0.3) is 0 Å². The van der Waals surface area contributed by atoms with E-state index in [0.717, 1.165) is 12.8 Å². The van der Waals surface area contributed by atoms with Gasteiger partial charge in [0.15, 0.2) is 0 Å². The first-order valence-corrected chi connectivity index (χ1v) is 7.90. The van der Waals surface area contributed by atoms with Crippen molar-refractivity contribution >= 4 is 35.2 Å². The number of nitrogens with zero attached hydrogens (tertiary/aromatic N) is 1. The van der Waals surface area contributed by atoms with Crippen LogP contribution in [0.3, 0.4) is 0 Å². The van der Waals surface area contributed by atoms with Gasteiger partial charge >= 0.3 is 5.97 Å². The van der Waals surface area contributed by atoms with Crippen LogP contribution in [0.4, 0.5) is 0 Å². The predicted octanol–water partition coefficient (Wildman–Crippen LogP) is 3.11. The van der Waals surface area contributed by atoms with E-state index in [-0.39, 0.29) is 11.3 Å². The molecule has 2 atom stereocenters. The van der Waals surface area contributed by atoms with Gasteiger partial charge in [-0.25, -0.2) is 4.79 Å². The van der Waals surface area contributed by atoms with Gasteiger partial charge in [0.2, 0.25) is 0 Å². The van der Waals surface area contributed by atoms with Crippen molar-refractivity contribution in [2.24, 2.45) is 0 Å². The highest BCUT2D eigenvalue weighted by Gasteiger charge is 2.41. The molecule has 1 fully saturated rings. The van der Waals surface area contributed by atoms with Crippen LogP contribution in [0.2, 0.25) is 5.02 Å². The lowest BCUT2D eigenvalue weighted by Gasteiger charge is -2.27. The molecule has 108 valence electrons. The average Bonchev–Trinajstić information content (AvgIpc) is 2.83. The quantitative estimate of drug-likeness (QED) is 0.928. The van der Waals surface area contributed by atoms with Crippen molar-refractivity contribution in [1.82, 2.24) is 4.90 Å². The Kier molecular flexibility index (Phi) is 4.94. The van der Waals surface area contributed by atoms with Crippen LogP contribution in [0.15, 0.2) is 24.3 Å². The number of hydrogen-bond acceptors (Lipinski definition) is 3. The van der Waals surface area contributed by atoms with Crippen molar-refractivity contribution in [1.29, 1.82) is 0 Å². The summed E-state index contributed by atoms with van der Waals surface area (Å²) in [6.45, 7) is 2.03. The zero-order valence-electron chi connectivity index (χ0n) is 11.1. The van der Waals surface area contributed by atoms with Gasteiger partial charge in [-0.05, 0) is 30.7 Å². The van der Waals surface area contributed by atoms with Crippen molar-refractivity contribution < 1.29 is 14.7 Å². The average molecular weight is 314 g/mol. The molecule has 0 aromatic heterocycles. The van der Waals surface area contributed by atoms with Gasteiger partial charge in [0.05, 0.1) is 5.37 Å². The normalized spacial score (nSPS) is 22.0. The van der Waals surface area contributed by atoms with Crippen LogP contribution >= 0.6 is 23.4 Å². The molecule has 1 aliphatic rings. The summed E-state index contributed by atoms with van der Waals surface area (Å²) < 4.78 is 0. The number of hydrogen-bond donors (Lipinski definition) is 1. The van der Waals surface area contributed by atoms with Crippen LogP contribution in [-0.4, -0.2) is 39.1 Å². The van der Waals surface area contributed by atoms with Crippen molar-refractivity contribution in [2.45, 2.75) is 31.2 Å². The lowest BCUT2D eigenvalue weighted by Crippen LogP contribution is -2.45. The van der Waals surface area contributed by atoms with Crippen molar-refractivity contribution in [2.75, 3.05) is 5.75 Å². The number of thioether (sulfide) groups is 1. The molecule has 1 N–H and O–H groups in total. The Bertz CT molecular complexity index is 506. The zero-order valence-corrected chi connectivity index (χ0v) is 12.7. The maximum absolute atomic E-state index is 12.6. The number of benzene rings is 1.